The number of sulfonamides is 1. The molecule has 1 aromatic heterocycles. The largest absolute Gasteiger partial charge is 0.273 e. The fraction of sp³-hybridized carbons (Fsp3) is 0.200. The molecule has 0 radical (unpaired) electrons. The van der Waals surface area contributed by atoms with Crippen LogP contribution in [0.1, 0.15) is 25.6 Å². The first kappa shape index (κ1) is 17.1. The van der Waals surface area contributed by atoms with Crippen molar-refractivity contribution in [2.45, 2.75) is 11.1 Å². The van der Waals surface area contributed by atoms with Gasteiger partial charge in [0.25, 0.3) is 11.8 Å². The van der Waals surface area contributed by atoms with Crippen molar-refractivity contribution in [1.29, 1.82) is 0 Å². The Hall–Kier alpha value is -1.74. The van der Waals surface area contributed by atoms with Gasteiger partial charge in [-0.05, 0) is 31.2 Å². The molecule has 6 nitrogen and oxygen atoms in total. The maximum Gasteiger partial charge on any atom is 0.263 e. The van der Waals surface area contributed by atoms with Crippen LogP contribution in [-0.4, -0.2) is 38.2 Å². The highest BCUT2D eigenvalue weighted by molar-refractivity contribution is 7.91. The zero-order valence-corrected chi connectivity index (χ0v) is 15.0. The number of carbonyl (C=O) groups excluding carboxylic acids is 2. The van der Waals surface area contributed by atoms with E-state index in [4.69, 9.17) is 11.6 Å². The zero-order chi connectivity index (χ0) is 17.5. The van der Waals surface area contributed by atoms with Gasteiger partial charge in [0.15, 0.2) is 0 Å². The van der Waals surface area contributed by atoms with Crippen LogP contribution in [0.15, 0.2) is 34.5 Å². The normalized spacial score (nSPS) is 14.3. The van der Waals surface area contributed by atoms with Crippen LogP contribution < -0.4 is 4.72 Å². The first-order chi connectivity index (χ1) is 11.3. The topological polar surface area (TPSA) is 83.6 Å². The molecule has 0 saturated carbocycles. The molecular weight excluding hydrogens is 372 g/mol. The van der Waals surface area contributed by atoms with E-state index in [9.17, 15) is 18.0 Å². The van der Waals surface area contributed by atoms with Crippen LogP contribution in [0, 0.1) is 6.92 Å². The van der Waals surface area contributed by atoms with Crippen LogP contribution >= 0.6 is 22.9 Å². The minimum atomic E-state index is -3.65. The van der Waals surface area contributed by atoms with E-state index in [1.54, 1.807) is 12.1 Å². The highest BCUT2D eigenvalue weighted by Crippen LogP contribution is 2.28. The summed E-state index contributed by atoms with van der Waals surface area (Å²) >= 11 is 7.13. The highest BCUT2D eigenvalue weighted by atomic mass is 35.5. The van der Waals surface area contributed by atoms with Gasteiger partial charge < -0.3 is 0 Å². The number of thiophene rings is 1. The van der Waals surface area contributed by atoms with Crippen molar-refractivity contribution < 1.29 is 18.0 Å². The number of aryl methyl sites for hydroxylation is 1. The number of nitrogens with zero attached hydrogens (tertiary/aromatic N) is 1. The molecule has 0 atom stereocenters. The lowest BCUT2D eigenvalue weighted by atomic mass is 10.1. The van der Waals surface area contributed by atoms with Crippen LogP contribution in [0.25, 0.3) is 0 Å². The molecule has 0 unspecified atom stereocenters. The number of hydrogen-bond acceptors (Lipinski definition) is 5. The van der Waals surface area contributed by atoms with E-state index >= 15 is 0 Å². The van der Waals surface area contributed by atoms with Crippen LogP contribution in [-0.2, 0) is 10.0 Å². The number of benzene rings is 1. The summed E-state index contributed by atoms with van der Waals surface area (Å²) < 4.78 is 26.9. The van der Waals surface area contributed by atoms with Crippen molar-refractivity contribution in [1.82, 2.24) is 9.62 Å². The van der Waals surface area contributed by atoms with Crippen molar-refractivity contribution in [3.05, 3.63) is 51.4 Å². The Balaban J connectivity index is 1.69. The molecule has 0 bridgehead atoms. The molecule has 126 valence electrons. The van der Waals surface area contributed by atoms with Gasteiger partial charge in [0.05, 0.1) is 16.1 Å². The Morgan fingerprint density at radius 3 is 2.54 bits per heavy atom. The maximum atomic E-state index is 12.3. The van der Waals surface area contributed by atoms with Crippen LogP contribution in [0.2, 0.25) is 5.02 Å². The molecule has 2 heterocycles. The monoisotopic (exact) mass is 384 g/mol. The molecule has 0 saturated heterocycles. The van der Waals surface area contributed by atoms with Crippen LogP contribution in [0.4, 0.5) is 0 Å². The minimum absolute atomic E-state index is 0.0632. The van der Waals surface area contributed by atoms with E-state index in [2.05, 4.69) is 4.72 Å². The second-order valence-electron chi connectivity index (χ2n) is 5.19. The van der Waals surface area contributed by atoms with E-state index < -0.39 is 21.8 Å². The fourth-order valence-electron chi connectivity index (χ4n) is 2.41. The molecule has 9 heteroatoms. The summed E-state index contributed by atoms with van der Waals surface area (Å²) in [4.78, 5) is 26.4. The number of amides is 2. The SMILES string of the molecule is Cc1ccc(S(=O)(=O)NCCN2C(=O)c3cccc(Cl)c3C2=O)s1. The second kappa shape index (κ2) is 6.29. The van der Waals surface area contributed by atoms with Gasteiger partial charge >= 0.3 is 0 Å². The van der Waals surface area contributed by atoms with Crippen molar-refractivity contribution in [2.24, 2.45) is 0 Å². The predicted octanol–water partition coefficient (Wildman–Crippen LogP) is 2.28. The summed E-state index contributed by atoms with van der Waals surface area (Å²) in [5, 5.41) is 0.211. The Kier molecular flexibility index (Phi) is 4.48. The molecule has 24 heavy (non-hydrogen) atoms. The first-order valence-corrected chi connectivity index (χ1v) is 9.70. The van der Waals surface area contributed by atoms with Crippen LogP contribution in [0.3, 0.4) is 0 Å². The number of carbonyl (C=O) groups is 2. The number of rotatable bonds is 5. The smallest absolute Gasteiger partial charge is 0.263 e. The molecule has 1 aromatic carbocycles. The third-order valence-corrected chi connectivity index (χ3v) is 6.82. The first-order valence-electron chi connectivity index (χ1n) is 7.02. The fourth-order valence-corrected chi connectivity index (χ4v) is 5.02. The predicted molar refractivity (Wildman–Crippen MR) is 91.1 cm³/mol. The summed E-state index contributed by atoms with van der Waals surface area (Å²) in [6.45, 7) is 1.68. The standard InChI is InChI=1S/C15H13ClN2O4S2/c1-9-5-6-12(23-9)24(21,22)17-7-8-18-14(19)10-3-2-4-11(16)13(10)15(18)20/h2-6,17H,7-8H2,1H3. The van der Waals surface area contributed by atoms with E-state index in [0.29, 0.717) is 0 Å². The van der Waals surface area contributed by atoms with E-state index in [-0.39, 0.29) is 33.4 Å². The molecule has 2 aromatic rings. The lowest BCUT2D eigenvalue weighted by Gasteiger charge is -2.14. The van der Waals surface area contributed by atoms with Gasteiger partial charge in [-0.15, -0.1) is 11.3 Å². The number of hydrogen-bond donors (Lipinski definition) is 1. The summed E-state index contributed by atoms with van der Waals surface area (Å²) in [5.74, 6) is -0.976. The average Bonchev–Trinajstić information content (AvgIpc) is 3.06. The molecule has 3 rings (SSSR count). The number of halogens is 1. The van der Waals surface area contributed by atoms with Gasteiger partial charge in [0.2, 0.25) is 10.0 Å². The number of nitrogens with one attached hydrogen (secondary N) is 1. The van der Waals surface area contributed by atoms with Gasteiger partial charge in [-0.2, -0.15) is 0 Å². The van der Waals surface area contributed by atoms with Gasteiger partial charge in [-0.3, -0.25) is 14.5 Å². The third-order valence-electron chi connectivity index (χ3n) is 3.56. The van der Waals surface area contributed by atoms with Crippen molar-refractivity contribution >= 4 is 44.8 Å². The Labute approximate surface area is 148 Å². The Morgan fingerprint density at radius 2 is 1.92 bits per heavy atom. The van der Waals surface area contributed by atoms with Gasteiger partial charge in [-0.1, -0.05) is 17.7 Å². The van der Waals surface area contributed by atoms with Gasteiger partial charge in [0, 0.05) is 18.0 Å². The van der Waals surface area contributed by atoms with Crippen molar-refractivity contribution in [3.8, 4) is 0 Å². The van der Waals surface area contributed by atoms with Crippen LogP contribution in [0.5, 0.6) is 0 Å². The van der Waals surface area contributed by atoms with E-state index in [1.807, 2.05) is 6.92 Å². The van der Waals surface area contributed by atoms with Crippen molar-refractivity contribution in [3.63, 3.8) is 0 Å². The Morgan fingerprint density at radius 1 is 1.17 bits per heavy atom. The molecule has 1 aliphatic heterocycles. The second-order valence-corrected chi connectivity index (χ2v) is 8.88. The quantitative estimate of drug-likeness (QED) is 0.801. The van der Waals surface area contributed by atoms with Gasteiger partial charge in [-0.25, -0.2) is 13.1 Å². The molecule has 2 amide bonds. The lowest BCUT2D eigenvalue weighted by molar-refractivity contribution is 0.0657. The minimum Gasteiger partial charge on any atom is -0.273 e. The third kappa shape index (κ3) is 2.98. The summed E-state index contributed by atoms with van der Waals surface area (Å²) in [6.07, 6.45) is 0. The van der Waals surface area contributed by atoms with E-state index in [0.717, 1.165) is 21.1 Å². The zero-order valence-electron chi connectivity index (χ0n) is 12.6. The molecule has 1 aliphatic rings. The van der Waals surface area contributed by atoms with E-state index in [1.165, 1.54) is 18.2 Å². The molecule has 0 fully saturated rings. The van der Waals surface area contributed by atoms with Crippen molar-refractivity contribution in [2.75, 3.05) is 13.1 Å². The summed E-state index contributed by atoms with van der Waals surface area (Å²) in [6, 6.07) is 7.89. The number of fused-ring (bicyclic) bond motifs is 1. The summed E-state index contributed by atoms with van der Waals surface area (Å²) in [7, 11) is -3.65. The Bertz CT molecular complexity index is 937. The molecule has 1 N–H and O–H groups in total. The molecular formula is C15H13ClN2O4S2. The molecule has 0 spiro atoms. The maximum absolute atomic E-state index is 12.3. The number of imide groups is 1. The highest BCUT2D eigenvalue weighted by Gasteiger charge is 2.36. The van der Waals surface area contributed by atoms with Gasteiger partial charge in [0.1, 0.15) is 4.21 Å². The lowest BCUT2D eigenvalue weighted by Crippen LogP contribution is -2.38. The average molecular weight is 385 g/mol. The molecule has 0 aliphatic carbocycles. The summed E-state index contributed by atoms with van der Waals surface area (Å²) in [5.41, 5.74) is 0.408.